The lowest BCUT2D eigenvalue weighted by molar-refractivity contribution is -0.111. The van der Waals surface area contributed by atoms with Crippen LogP contribution in [-0.4, -0.2) is 18.5 Å². The molecular weight excluding hydrogens is 390 g/mol. The van der Waals surface area contributed by atoms with Gasteiger partial charge in [0, 0.05) is 28.9 Å². The van der Waals surface area contributed by atoms with Crippen molar-refractivity contribution in [1.29, 1.82) is 0 Å². The molecule has 0 aliphatic rings. The quantitative estimate of drug-likeness (QED) is 0.489. The Morgan fingerprint density at radius 3 is 2.33 bits per heavy atom. The Morgan fingerprint density at radius 1 is 1.08 bits per heavy atom. The minimum absolute atomic E-state index is 0.219. The number of carbonyl (C=O) groups is 2. The van der Waals surface area contributed by atoms with Crippen LogP contribution in [0.1, 0.15) is 4.88 Å². The Kier molecular flexibility index (Phi) is 6.77. The van der Waals surface area contributed by atoms with Crippen molar-refractivity contribution >= 4 is 56.7 Å². The SMILES string of the molecule is C=CCNC(=O)Nc1ccc(NC(=O)/C=C/c2ccc(Br)s2)cc1. The fraction of sp³-hybridized carbons (Fsp3) is 0.0588. The number of anilines is 2. The van der Waals surface area contributed by atoms with E-state index in [1.165, 1.54) is 6.08 Å². The number of urea groups is 1. The lowest BCUT2D eigenvalue weighted by atomic mass is 10.2. The summed E-state index contributed by atoms with van der Waals surface area (Å²) >= 11 is 4.92. The van der Waals surface area contributed by atoms with E-state index in [1.807, 2.05) is 12.1 Å². The topological polar surface area (TPSA) is 70.2 Å². The third-order valence-corrected chi connectivity index (χ3v) is 4.40. The number of hydrogen-bond donors (Lipinski definition) is 3. The summed E-state index contributed by atoms with van der Waals surface area (Å²) in [5, 5.41) is 8.05. The summed E-state index contributed by atoms with van der Waals surface area (Å²) in [6.07, 6.45) is 4.83. The van der Waals surface area contributed by atoms with E-state index >= 15 is 0 Å². The molecule has 0 radical (unpaired) electrons. The second-order valence-corrected chi connectivity index (χ2v) is 7.16. The lowest BCUT2D eigenvalue weighted by Gasteiger charge is -2.07. The second-order valence-electron chi connectivity index (χ2n) is 4.67. The van der Waals surface area contributed by atoms with Crippen molar-refractivity contribution < 1.29 is 9.59 Å². The van der Waals surface area contributed by atoms with Gasteiger partial charge < -0.3 is 16.0 Å². The highest BCUT2D eigenvalue weighted by Gasteiger charge is 2.02. The zero-order valence-electron chi connectivity index (χ0n) is 12.7. The fourth-order valence-electron chi connectivity index (χ4n) is 1.74. The summed E-state index contributed by atoms with van der Waals surface area (Å²) in [6, 6.07) is 10.4. The highest BCUT2D eigenvalue weighted by molar-refractivity contribution is 9.11. The molecule has 0 atom stereocenters. The predicted octanol–water partition coefficient (Wildman–Crippen LogP) is 4.47. The molecule has 2 rings (SSSR count). The number of thiophene rings is 1. The van der Waals surface area contributed by atoms with Gasteiger partial charge in [0.05, 0.1) is 3.79 Å². The third-order valence-electron chi connectivity index (χ3n) is 2.81. The number of hydrogen-bond acceptors (Lipinski definition) is 3. The Hall–Kier alpha value is -2.38. The van der Waals surface area contributed by atoms with Crippen LogP contribution in [0.15, 0.2) is 58.9 Å². The van der Waals surface area contributed by atoms with Gasteiger partial charge in [0.25, 0.3) is 0 Å². The third kappa shape index (κ3) is 6.02. The molecule has 0 unspecified atom stereocenters. The van der Waals surface area contributed by atoms with Gasteiger partial charge in [-0.3, -0.25) is 4.79 Å². The second kappa shape index (κ2) is 9.05. The molecule has 0 bridgehead atoms. The minimum Gasteiger partial charge on any atom is -0.334 e. The van der Waals surface area contributed by atoms with E-state index in [4.69, 9.17) is 0 Å². The Balaban J connectivity index is 1.86. The molecule has 24 heavy (non-hydrogen) atoms. The van der Waals surface area contributed by atoms with Crippen molar-refractivity contribution in [1.82, 2.24) is 5.32 Å². The van der Waals surface area contributed by atoms with Crippen molar-refractivity contribution in [2.45, 2.75) is 0 Å². The standard InChI is InChI=1S/C17H16BrN3O2S/c1-2-11-19-17(23)21-13-5-3-12(4-6-13)20-16(22)10-8-14-7-9-15(18)24-14/h2-10H,1,11H2,(H,20,22)(H2,19,21,23)/b10-8+. The summed E-state index contributed by atoms with van der Waals surface area (Å²) in [5.41, 5.74) is 1.28. The van der Waals surface area contributed by atoms with Gasteiger partial charge in [-0.25, -0.2) is 4.79 Å². The maximum absolute atomic E-state index is 11.9. The molecular formula is C17H16BrN3O2S. The van der Waals surface area contributed by atoms with Crippen LogP contribution in [0.2, 0.25) is 0 Å². The largest absolute Gasteiger partial charge is 0.334 e. The summed E-state index contributed by atoms with van der Waals surface area (Å²) in [6.45, 7) is 3.92. The van der Waals surface area contributed by atoms with Crippen molar-refractivity contribution in [3.63, 3.8) is 0 Å². The van der Waals surface area contributed by atoms with Crippen LogP contribution < -0.4 is 16.0 Å². The summed E-state index contributed by atoms with van der Waals surface area (Å²) in [5.74, 6) is -0.219. The van der Waals surface area contributed by atoms with E-state index in [9.17, 15) is 9.59 Å². The van der Waals surface area contributed by atoms with E-state index in [2.05, 4.69) is 38.5 Å². The lowest BCUT2D eigenvalue weighted by Crippen LogP contribution is -2.28. The molecule has 124 valence electrons. The van der Waals surface area contributed by atoms with E-state index < -0.39 is 0 Å². The maximum Gasteiger partial charge on any atom is 0.319 e. The van der Waals surface area contributed by atoms with Gasteiger partial charge in [-0.1, -0.05) is 6.08 Å². The monoisotopic (exact) mass is 405 g/mol. The zero-order chi connectivity index (χ0) is 17.4. The molecule has 0 saturated heterocycles. The molecule has 3 N–H and O–H groups in total. The minimum atomic E-state index is -0.309. The summed E-state index contributed by atoms with van der Waals surface area (Å²) < 4.78 is 1.02. The molecule has 0 aliphatic heterocycles. The number of benzene rings is 1. The van der Waals surface area contributed by atoms with E-state index in [-0.39, 0.29) is 11.9 Å². The smallest absolute Gasteiger partial charge is 0.319 e. The maximum atomic E-state index is 11.9. The van der Waals surface area contributed by atoms with Crippen molar-refractivity contribution in [3.05, 3.63) is 63.8 Å². The number of carbonyl (C=O) groups excluding carboxylic acids is 2. The fourth-order valence-corrected chi connectivity index (χ4v) is 3.06. The molecule has 7 heteroatoms. The predicted molar refractivity (Wildman–Crippen MR) is 103 cm³/mol. The number of halogens is 1. The van der Waals surface area contributed by atoms with E-state index in [0.717, 1.165) is 8.66 Å². The van der Waals surface area contributed by atoms with Crippen LogP contribution in [0.3, 0.4) is 0 Å². The first-order valence-electron chi connectivity index (χ1n) is 7.07. The first-order valence-corrected chi connectivity index (χ1v) is 8.68. The van der Waals surface area contributed by atoms with E-state index in [0.29, 0.717) is 17.9 Å². The zero-order valence-corrected chi connectivity index (χ0v) is 15.1. The molecule has 5 nitrogen and oxygen atoms in total. The molecule has 1 aromatic carbocycles. The van der Waals surface area contributed by atoms with Crippen molar-refractivity contribution in [2.24, 2.45) is 0 Å². The van der Waals surface area contributed by atoms with Gasteiger partial charge in [-0.05, 0) is 58.4 Å². The van der Waals surface area contributed by atoms with Gasteiger partial charge in [-0.15, -0.1) is 17.9 Å². The Bertz CT molecular complexity index is 753. The molecule has 3 amide bonds. The molecule has 1 aromatic heterocycles. The normalized spacial score (nSPS) is 10.4. The summed E-state index contributed by atoms with van der Waals surface area (Å²) in [4.78, 5) is 24.4. The number of amides is 3. The molecule has 0 spiro atoms. The molecule has 2 aromatic rings. The molecule has 0 saturated carbocycles. The van der Waals surface area contributed by atoms with E-state index in [1.54, 1.807) is 47.8 Å². The van der Waals surface area contributed by atoms with Crippen LogP contribution in [0.5, 0.6) is 0 Å². The van der Waals surface area contributed by atoms with Crippen molar-refractivity contribution in [3.8, 4) is 0 Å². The first-order chi connectivity index (χ1) is 11.6. The van der Waals surface area contributed by atoms with Gasteiger partial charge >= 0.3 is 6.03 Å². The van der Waals surface area contributed by atoms with Gasteiger partial charge in [0.2, 0.25) is 5.91 Å². The van der Waals surface area contributed by atoms with Gasteiger partial charge in [-0.2, -0.15) is 0 Å². The van der Waals surface area contributed by atoms with Crippen LogP contribution >= 0.6 is 27.3 Å². The van der Waals surface area contributed by atoms with Gasteiger partial charge in [0.1, 0.15) is 0 Å². The van der Waals surface area contributed by atoms with Crippen LogP contribution in [0, 0.1) is 0 Å². The van der Waals surface area contributed by atoms with Crippen LogP contribution in [0.4, 0.5) is 16.2 Å². The molecule has 1 heterocycles. The van der Waals surface area contributed by atoms with Crippen LogP contribution in [-0.2, 0) is 4.79 Å². The Morgan fingerprint density at radius 2 is 1.75 bits per heavy atom. The van der Waals surface area contributed by atoms with Crippen LogP contribution in [0.25, 0.3) is 6.08 Å². The number of rotatable bonds is 6. The molecule has 0 aliphatic carbocycles. The highest BCUT2D eigenvalue weighted by Crippen LogP contribution is 2.23. The van der Waals surface area contributed by atoms with Crippen molar-refractivity contribution in [2.75, 3.05) is 17.2 Å². The molecule has 0 fully saturated rings. The van der Waals surface area contributed by atoms with Gasteiger partial charge in [0.15, 0.2) is 0 Å². The number of nitrogens with one attached hydrogen (secondary N) is 3. The Labute approximate surface area is 152 Å². The first kappa shape index (κ1) is 18.0. The average Bonchev–Trinajstić information content (AvgIpc) is 2.98. The highest BCUT2D eigenvalue weighted by atomic mass is 79.9. The average molecular weight is 406 g/mol. The summed E-state index contributed by atoms with van der Waals surface area (Å²) in [7, 11) is 0.